The summed E-state index contributed by atoms with van der Waals surface area (Å²) < 4.78 is 5.53. The highest BCUT2D eigenvalue weighted by atomic mass is 16.5. The minimum Gasteiger partial charge on any atom is -0.497 e. The van der Waals surface area contributed by atoms with Crippen LogP contribution in [0.4, 0.5) is 11.4 Å². The van der Waals surface area contributed by atoms with Gasteiger partial charge in [0.1, 0.15) is 5.75 Å². The van der Waals surface area contributed by atoms with Crippen LogP contribution in [-0.4, -0.2) is 18.5 Å². The van der Waals surface area contributed by atoms with Gasteiger partial charge >= 0.3 is 0 Å². The van der Waals surface area contributed by atoms with E-state index in [0.29, 0.717) is 0 Å². The predicted molar refractivity (Wildman–Crippen MR) is 128 cm³/mol. The van der Waals surface area contributed by atoms with E-state index in [1.807, 2.05) is 54.6 Å². The van der Waals surface area contributed by atoms with E-state index in [2.05, 4.69) is 49.4 Å². The van der Waals surface area contributed by atoms with Gasteiger partial charge in [-0.25, -0.2) is 9.98 Å². The highest BCUT2D eigenvalue weighted by Gasteiger charge is 2.20. The van der Waals surface area contributed by atoms with Gasteiger partial charge in [0.25, 0.3) is 0 Å². The fourth-order valence-electron chi connectivity index (χ4n) is 3.86. The molecule has 1 heterocycles. The smallest absolute Gasteiger partial charge is 0.119 e. The molecule has 0 atom stereocenters. The molecule has 0 spiro atoms. The van der Waals surface area contributed by atoms with Gasteiger partial charge in [0.2, 0.25) is 0 Å². The molecular weight excluding hydrogens is 380 g/mol. The zero-order chi connectivity index (χ0) is 21.2. The van der Waals surface area contributed by atoms with Gasteiger partial charge in [-0.3, -0.25) is 0 Å². The second-order valence-corrected chi connectivity index (χ2v) is 7.56. The number of benzene rings is 4. The van der Waals surface area contributed by atoms with Gasteiger partial charge in [-0.1, -0.05) is 72.3 Å². The molecule has 4 aromatic carbocycles. The molecule has 3 nitrogen and oxygen atoms in total. The number of rotatable bonds is 3. The maximum absolute atomic E-state index is 5.53. The number of aliphatic imine (C=N–C) groups is 2. The van der Waals surface area contributed by atoms with Crippen molar-refractivity contribution in [2.75, 3.05) is 7.11 Å². The SMILES string of the molecule is COc1ccc2c(c1)C(c1ccccc1)=Nc1ccc(C)cc1C(c1ccccc1)=N2. The van der Waals surface area contributed by atoms with Crippen molar-refractivity contribution in [2.24, 2.45) is 9.98 Å². The van der Waals surface area contributed by atoms with E-state index in [1.54, 1.807) is 7.11 Å². The first-order chi connectivity index (χ1) is 15.2. The number of aryl methyl sites for hydroxylation is 1. The molecule has 0 saturated heterocycles. The molecule has 5 rings (SSSR count). The maximum Gasteiger partial charge on any atom is 0.119 e. The van der Waals surface area contributed by atoms with E-state index >= 15 is 0 Å². The molecular formula is C28H22N2O. The molecule has 150 valence electrons. The van der Waals surface area contributed by atoms with Crippen LogP contribution in [-0.2, 0) is 0 Å². The third-order valence-electron chi connectivity index (χ3n) is 5.42. The van der Waals surface area contributed by atoms with Crippen molar-refractivity contribution >= 4 is 22.8 Å². The van der Waals surface area contributed by atoms with E-state index in [1.165, 1.54) is 5.56 Å². The summed E-state index contributed by atoms with van der Waals surface area (Å²) in [5, 5.41) is 0. The highest BCUT2D eigenvalue weighted by Crippen LogP contribution is 2.35. The van der Waals surface area contributed by atoms with Crippen LogP contribution in [0, 0.1) is 6.92 Å². The van der Waals surface area contributed by atoms with Crippen molar-refractivity contribution in [3.05, 3.63) is 125 Å². The molecule has 0 unspecified atom stereocenters. The number of ether oxygens (including phenoxy) is 1. The maximum atomic E-state index is 5.53. The Morgan fingerprint density at radius 3 is 1.65 bits per heavy atom. The number of hydrogen-bond acceptors (Lipinski definition) is 3. The molecule has 4 aromatic rings. The molecule has 3 heteroatoms. The zero-order valence-corrected chi connectivity index (χ0v) is 17.5. The van der Waals surface area contributed by atoms with E-state index in [0.717, 1.165) is 50.8 Å². The molecule has 0 aromatic heterocycles. The average Bonchev–Trinajstić information content (AvgIpc) is 2.82. The molecule has 0 aliphatic carbocycles. The summed E-state index contributed by atoms with van der Waals surface area (Å²) in [6.45, 7) is 2.10. The normalized spacial score (nSPS) is 12.6. The summed E-state index contributed by atoms with van der Waals surface area (Å²) in [5.74, 6) is 0.781. The van der Waals surface area contributed by atoms with E-state index in [9.17, 15) is 0 Å². The van der Waals surface area contributed by atoms with E-state index in [-0.39, 0.29) is 0 Å². The number of fused-ring (bicyclic) bond motifs is 2. The molecule has 31 heavy (non-hydrogen) atoms. The Kier molecular flexibility index (Phi) is 4.93. The summed E-state index contributed by atoms with van der Waals surface area (Å²) in [6, 6.07) is 32.9. The minimum absolute atomic E-state index is 0.781. The Hall–Kier alpha value is -3.98. The second-order valence-electron chi connectivity index (χ2n) is 7.56. The minimum atomic E-state index is 0.781. The first-order valence-electron chi connectivity index (χ1n) is 10.3. The molecule has 0 amide bonds. The van der Waals surface area contributed by atoms with Gasteiger partial charge in [0.05, 0.1) is 29.9 Å². The van der Waals surface area contributed by atoms with Crippen LogP contribution in [0.2, 0.25) is 0 Å². The van der Waals surface area contributed by atoms with Crippen molar-refractivity contribution in [1.29, 1.82) is 0 Å². The van der Waals surface area contributed by atoms with Gasteiger partial charge in [-0.05, 0) is 37.3 Å². The first-order valence-corrected chi connectivity index (χ1v) is 10.3. The monoisotopic (exact) mass is 402 g/mol. The Morgan fingerprint density at radius 1 is 0.581 bits per heavy atom. The van der Waals surface area contributed by atoms with Gasteiger partial charge in [0, 0.05) is 22.3 Å². The van der Waals surface area contributed by atoms with Gasteiger partial charge in [0.15, 0.2) is 0 Å². The van der Waals surface area contributed by atoms with Crippen LogP contribution in [0.25, 0.3) is 0 Å². The quantitative estimate of drug-likeness (QED) is 0.332. The van der Waals surface area contributed by atoms with Crippen molar-refractivity contribution in [1.82, 2.24) is 0 Å². The van der Waals surface area contributed by atoms with Crippen molar-refractivity contribution < 1.29 is 4.74 Å². The zero-order valence-electron chi connectivity index (χ0n) is 17.5. The van der Waals surface area contributed by atoms with Crippen molar-refractivity contribution in [2.45, 2.75) is 6.92 Å². The summed E-state index contributed by atoms with van der Waals surface area (Å²) in [6.07, 6.45) is 0. The first kappa shape index (κ1) is 19.0. The lowest BCUT2D eigenvalue weighted by atomic mass is 9.95. The highest BCUT2D eigenvalue weighted by molar-refractivity contribution is 6.22. The fourth-order valence-corrected chi connectivity index (χ4v) is 3.86. The topological polar surface area (TPSA) is 34.0 Å². The van der Waals surface area contributed by atoms with Crippen molar-refractivity contribution in [3.63, 3.8) is 0 Å². The third-order valence-corrected chi connectivity index (χ3v) is 5.42. The van der Waals surface area contributed by atoms with Crippen LogP contribution in [0.15, 0.2) is 107 Å². The summed E-state index contributed by atoms with van der Waals surface area (Å²) >= 11 is 0. The number of hydrogen-bond donors (Lipinski definition) is 0. The molecule has 1 aliphatic rings. The Morgan fingerprint density at radius 2 is 1.10 bits per heavy atom. The summed E-state index contributed by atoms with van der Waals surface area (Å²) in [5.41, 5.74) is 8.84. The molecule has 0 fully saturated rings. The lowest BCUT2D eigenvalue weighted by molar-refractivity contribution is 0.415. The van der Waals surface area contributed by atoms with Crippen LogP contribution >= 0.6 is 0 Å². The Balaban J connectivity index is 1.85. The molecule has 1 aliphatic heterocycles. The average molecular weight is 402 g/mol. The molecule has 0 radical (unpaired) electrons. The van der Waals surface area contributed by atoms with Gasteiger partial charge in [-0.15, -0.1) is 0 Å². The van der Waals surface area contributed by atoms with Crippen LogP contribution in [0.5, 0.6) is 5.75 Å². The summed E-state index contributed by atoms with van der Waals surface area (Å²) in [7, 11) is 1.68. The molecule has 0 bridgehead atoms. The largest absolute Gasteiger partial charge is 0.497 e. The van der Waals surface area contributed by atoms with Gasteiger partial charge < -0.3 is 4.74 Å². The standard InChI is InChI=1S/C28H22N2O/c1-19-13-15-25-23(17-19)27(20-9-5-3-6-10-20)30-26-16-14-22(31-2)18-24(26)28(29-25)21-11-7-4-8-12-21/h3-18H,1-2H3. The number of methoxy groups -OCH3 is 1. The predicted octanol–water partition coefficient (Wildman–Crippen LogP) is 6.66. The third kappa shape index (κ3) is 3.66. The lowest BCUT2D eigenvalue weighted by Crippen LogP contribution is -2.10. The Labute approximate surface area is 182 Å². The van der Waals surface area contributed by atoms with Crippen molar-refractivity contribution in [3.8, 4) is 5.75 Å². The molecule has 0 saturated carbocycles. The second kappa shape index (κ2) is 8.04. The lowest BCUT2D eigenvalue weighted by Gasteiger charge is -2.19. The van der Waals surface area contributed by atoms with Crippen LogP contribution < -0.4 is 4.74 Å². The van der Waals surface area contributed by atoms with Gasteiger partial charge in [-0.2, -0.15) is 0 Å². The van der Waals surface area contributed by atoms with Crippen LogP contribution in [0.1, 0.15) is 27.8 Å². The Bertz CT molecular complexity index is 1310. The molecule has 0 N–H and O–H groups in total. The van der Waals surface area contributed by atoms with Crippen LogP contribution in [0.3, 0.4) is 0 Å². The number of nitrogens with zero attached hydrogens (tertiary/aromatic N) is 2. The fraction of sp³-hybridized carbons (Fsp3) is 0.0714. The van der Waals surface area contributed by atoms with E-state index in [4.69, 9.17) is 14.7 Å². The summed E-state index contributed by atoms with van der Waals surface area (Å²) in [4.78, 5) is 10.4. The van der Waals surface area contributed by atoms with E-state index < -0.39 is 0 Å².